The highest BCUT2D eigenvalue weighted by atomic mass is 16.5. The van der Waals surface area contributed by atoms with Crippen molar-refractivity contribution in [3.63, 3.8) is 0 Å². The Morgan fingerprint density at radius 1 is 1.04 bits per heavy atom. The van der Waals surface area contributed by atoms with Gasteiger partial charge >= 0.3 is 5.97 Å². The second-order valence-electron chi connectivity index (χ2n) is 8.09. The van der Waals surface area contributed by atoms with E-state index in [1.54, 1.807) is 0 Å². The molecular weight excluding hydrogens is 294 g/mol. The van der Waals surface area contributed by atoms with Crippen LogP contribution < -0.4 is 5.32 Å². The molecule has 5 nitrogen and oxygen atoms in total. The lowest BCUT2D eigenvalue weighted by Crippen LogP contribution is -2.46. The summed E-state index contributed by atoms with van der Waals surface area (Å²) >= 11 is 0. The summed E-state index contributed by atoms with van der Waals surface area (Å²) in [5.41, 5.74) is 0. The maximum atomic E-state index is 12.3. The van der Waals surface area contributed by atoms with Gasteiger partial charge in [-0.3, -0.25) is 9.59 Å². The number of amides is 1. The summed E-state index contributed by atoms with van der Waals surface area (Å²) in [6, 6.07) is -0.559. The summed E-state index contributed by atoms with van der Waals surface area (Å²) in [5, 5.41) is 2.63. The van der Waals surface area contributed by atoms with Crippen LogP contribution in [-0.4, -0.2) is 30.3 Å². The molecule has 126 valence electrons. The van der Waals surface area contributed by atoms with Crippen LogP contribution in [-0.2, 0) is 19.1 Å². The predicted molar refractivity (Wildman–Crippen MR) is 82.3 cm³/mol. The van der Waals surface area contributed by atoms with Crippen molar-refractivity contribution in [3.05, 3.63) is 0 Å². The van der Waals surface area contributed by atoms with Crippen molar-refractivity contribution >= 4 is 17.7 Å². The molecular formula is C18H25NO4. The normalized spacial score (nSPS) is 41.0. The van der Waals surface area contributed by atoms with Crippen LogP contribution in [0.5, 0.6) is 0 Å². The van der Waals surface area contributed by atoms with Crippen molar-refractivity contribution in [2.75, 3.05) is 6.61 Å². The first-order valence-electron chi connectivity index (χ1n) is 9.06. The molecule has 0 radical (unpaired) electrons. The van der Waals surface area contributed by atoms with E-state index in [0.29, 0.717) is 37.2 Å². The molecule has 0 aromatic rings. The minimum atomic E-state index is -0.559. The number of ether oxygens (including phenoxy) is 1. The minimum absolute atomic E-state index is 0.0336. The molecule has 5 aliphatic rings. The summed E-state index contributed by atoms with van der Waals surface area (Å²) in [7, 11) is 0. The topological polar surface area (TPSA) is 72.5 Å². The van der Waals surface area contributed by atoms with Gasteiger partial charge in [0.15, 0.2) is 0 Å². The highest BCUT2D eigenvalue weighted by molar-refractivity contribution is 5.99. The van der Waals surface area contributed by atoms with Crippen LogP contribution in [0, 0.1) is 29.6 Å². The fourth-order valence-electron chi connectivity index (χ4n) is 5.76. The molecule has 1 heterocycles. The molecule has 5 fully saturated rings. The summed E-state index contributed by atoms with van der Waals surface area (Å²) < 4.78 is 4.82. The van der Waals surface area contributed by atoms with Gasteiger partial charge in [-0.15, -0.1) is 0 Å². The van der Waals surface area contributed by atoms with E-state index in [1.165, 1.54) is 32.1 Å². The smallest absolute Gasteiger partial charge is 0.328 e. The van der Waals surface area contributed by atoms with Crippen molar-refractivity contribution in [2.24, 2.45) is 29.6 Å². The van der Waals surface area contributed by atoms with Crippen LogP contribution in [0.15, 0.2) is 0 Å². The molecule has 5 rings (SSSR count). The molecule has 4 aliphatic carbocycles. The van der Waals surface area contributed by atoms with Crippen molar-refractivity contribution in [2.45, 2.75) is 57.4 Å². The van der Waals surface area contributed by atoms with Gasteiger partial charge < -0.3 is 10.1 Å². The fourth-order valence-corrected chi connectivity index (χ4v) is 5.76. The van der Waals surface area contributed by atoms with Crippen LogP contribution >= 0.6 is 0 Å². The first-order chi connectivity index (χ1) is 11.1. The molecule has 0 aromatic carbocycles. The lowest BCUT2D eigenvalue weighted by molar-refractivity contribution is -0.142. The molecule has 1 saturated heterocycles. The van der Waals surface area contributed by atoms with Crippen LogP contribution in [0.3, 0.4) is 0 Å². The van der Waals surface area contributed by atoms with Crippen molar-refractivity contribution in [3.8, 4) is 0 Å². The number of rotatable bonds is 5. The third kappa shape index (κ3) is 3.02. The number of cyclic esters (lactones) is 1. The Labute approximate surface area is 136 Å². The molecule has 4 saturated carbocycles. The third-order valence-electron chi connectivity index (χ3n) is 6.51. The summed E-state index contributed by atoms with van der Waals surface area (Å²) in [5.74, 6) is 3.05. The third-order valence-corrected chi connectivity index (χ3v) is 6.51. The van der Waals surface area contributed by atoms with Gasteiger partial charge in [0, 0.05) is 12.8 Å². The Morgan fingerprint density at radius 3 is 2.26 bits per heavy atom. The molecule has 23 heavy (non-hydrogen) atoms. The molecule has 0 unspecified atom stereocenters. The van der Waals surface area contributed by atoms with E-state index in [4.69, 9.17) is 4.74 Å². The number of esters is 1. The zero-order valence-corrected chi connectivity index (χ0v) is 13.5. The molecule has 1 aliphatic heterocycles. The Kier molecular flexibility index (Phi) is 3.90. The van der Waals surface area contributed by atoms with E-state index >= 15 is 0 Å². The maximum Gasteiger partial charge on any atom is 0.328 e. The number of hydrogen-bond acceptors (Lipinski definition) is 4. The van der Waals surface area contributed by atoms with Crippen LogP contribution in [0.1, 0.15) is 51.4 Å². The van der Waals surface area contributed by atoms with Gasteiger partial charge in [-0.05, 0) is 61.7 Å². The average Bonchev–Trinajstić information content (AvgIpc) is 2.87. The zero-order valence-electron chi connectivity index (χ0n) is 13.5. The number of nitrogens with one attached hydrogen (secondary N) is 1. The second-order valence-corrected chi connectivity index (χ2v) is 8.09. The van der Waals surface area contributed by atoms with Crippen LogP contribution in [0.2, 0.25) is 0 Å². The standard InChI is InChI=1S/C18H25NO4/c20-14(9-17(21)19-16-1-2-23-18(16)22)8-15-12-4-10-3-11(6-12)7-13(15)5-10/h10-13,15-16H,1-9H2,(H,19,21)/t10?,11?,12?,13?,15?,16-/m1/s1. The monoisotopic (exact) mass is 319 g/mol. The summed E-state index contributed by atoms with van der Waals surface area (Å²) in [6.45, 7) is 0.353. The number of carbonyl (C=O) groups is 3. The molecule has 1 atom stereocenters. The SMILES string of the molecule is O=C(CC(=O)N[C@@H]1CCOC1=O)CC1C2CC3CC(C2)CC1C3. The number of ketones is 1. The number of Topliss-reactive ketones (excluding diaryl/α,β-unsaturated/α-hetero) is 1. The van der Waals surface area contributed by atoms with E-state index in [2.05, 4.69) is 5.32 Å². The van der Waals surface area contributed by atoms with Gasteiger partial charge in [0.25, 0.3) is 0 Å². The van der Waals surface area contributed by atoms with E-state index in [1.807, 2.05) is 0 Å². The van der Waals surface area contributed by atoms with E-state index in [9.17, 15) is 14.4 Å². The fraction of sp³-hybridized carbons (Fsp3) is 0.833. The lowest BCUT2D eigenvalue weighted by Gasteiger charge is -2.54. The molecule has 0 aromatic heterocycles. The second kappa shape index (κ2) is 5.91. The average molecular weight is 319 g/mol. The lowest BCUT2D eigenvalue weighted by atomic mass is 9.51. The van der Waals surface area contributed by atoms with Crippen LogP contribution in [0.4, 0.5) is 0 Å². The van der Waals surface area contributed by atoms with Crippen molar-refractivity contribution < 1.29 is 19.1 Å². The highest BCUT2D eigenvalue weighted by Crippen LogP contribution is 2.57. The highest BCUT2D eigenvalue weighted by Gasteiger charge is 2.48. The Morgan fingerprint density at radius 2 is 1.70 bits per heavy atom. The van der Waals surface area contributed by atoms with E-state index in [-0.39, 0.29) is 24.1 Å². The quantitative estimate of drug-likeness (QED) is 0.620. The van der Waals surface area contributed by atoms with Crippen LogP contribution in [0.25, 0.3) is 0 Å². The van der Waals surface area contributed by atoms with Gasteiger partial charge in [-0.1, -0.05) is 0 Å². The zero-order chi connectivity index (χ0) is 16.0. The molecule has 1 N–H and O–H groups in total. The predicted octanol–water partition coefficient (Wildman–Crippen LogP) is 1.84. The number of carbonyl (C=O) groups excluding carboxylic acids is 3. The van der Waals surface area contributed by atoms with Gasteiger partial charge in [0.1, 0.15) is 11.8 Å². The molecule has 5 heteroatoms. The molecule has 0 spiro atoms. The Hall–Kier alpha value is -1.39. The van der Waals surface area contributed by atoms with E-state index in [0.717, 1.165) is 11.8 Å². The molecule has 1 amide bonds. The largest absolute Gasteiger partial charge is 0.464 e. The van der Waals surface area contributed by atoms with Crippen molar-refractivity contribution in [1.29, 1.82) is 0 Å². The van der Waals surface area contributed by atoms with Crippen molar-refractivity contribution in [1.82, 2.24) is 5.32 Å². The number of hydrogen-bond donors (Lipinski definition) is 1. The van der Waals surface area contributed by atoms with E-state index < -0.39 is 6.04 Å². The summed E-state index contributed by atoms with van der Waals surface area (Å²) in [6.07, 6.45) is 7.57. The summed E-state index contributed by atoms with van der Waals surface area (Å²) in [4.78, 5) is 35.6. The Balaban J connectivity index is 1.28. The van der Waals surface area contributed by atoms with Gasteiger partial charge in [-0.25, -0.2) is 4.79 Å². The minimum Gasteiger partial charge on any atom is -0.464 e. The van der Waals surface area contributed by atoms with Gasteiger partial charge in [0.05, 0.1) is 13.0 Å². The maximum absolute atomic E-state index is 12.3. The first-order valence-corrected chi connectivity index (χ1v) is 9.06. The Bertz CT molecular complexity index is 501. The van der Waals surface area contributed by atoms with Gasteiger partial charge in [0.2, 0.25) is 5.91 Å². The molecule has 4 bridgehead atoms. The first kappa shape index (κ1) is 15.2. The van der Waals surface area contributed by atoms with Gasteiger partial charge in [-0.2, -0.15) is 0 Å².